The van der Waals surface area contributed by atoms with Gasteiger partial charge in [0, 0.05) is 17.7 Å². The second kappa shape index (κ2) is 6.21. The van der Waals surface area contributed by atoms with Gasteiger partial charge in [0.15, 0.2) is 11.5 Å². The predicted molar refractivity (Wildman–Crippen MR) is 71.7 cm³/mol. The van der Waals surface area contributed by atoms with Gasteiger partial charge in [-0.3, -0.25) is 0 Å². The number of hydrogen-bond donors (Lipinski definition) is 2. The van der Waals surface area contributed by atoms with Crippen molar-refractivity contribution >= 4 is 5.97 Å². The van der Waals surface area contributed by atoms with Crippen molar-refractivity contribution in [3.05, 3.63) is 47.3 Å². The van der Waals surface area contributed by atoms with Crippen LogP contribution >= 0.6 is 0 Å². The molecule has 6 heteroatoms. The molecule has 6 nitrogen and oxygen atoms in total. The van der Waals surface area contributed by atoms with Crippen molar-refractivity contribution < 1.29 is 19.2 Å². The van der Waals surface area contributed by atoms with Gasteiger partial charge in [0.1, 0.15) is 5.75 Å². The van der Waals surface area contributed by atoms with E-state index in [1.54, 1.807) is 7.11 Å². The Labute approximate surface area is 116 Å². The van der Waals surface area contributed by atoms with E-state index in [9.17, 15) is 4.79 Å². The van der Waals surface area contributed by atoms with Crippen molar-refractivity contribution in [3.63, 3.8) is 0 Å². The van der Waals surface area contributed by atoms with Crippen LogP contribution < -0.4 is 10.1 Å². The van der Waals surface area contributed by atoms with Crippen LogP contribution in [0.5, 0.6) is 5.75 Å². The van der Waals surface area contributed by atoms with E-state index in [2.05, 4.69) is 10.5 Å². The Morgan fingerprint density at radius 3 is 2.90 bits per heavy atom. The zero-order valence-corrected chi connectivity index (χ0v) is 11.3. The largest absolute Gasteiger partial charge is 0.496 e. The molecule has 0 radical (unpaired) electrons. The Morgan fingerprint density at radius 2 is 2.25 bits per heavy atom. The lowest BCUT2D eigenvalue weighted by Gasteiger charge is -2.16. The molecule has 1 atom stereocenters. The SMILES string of the molecule is COc1ccccc1[C@@H](C)NCc1cc(C(=O)O)no1. The van der Waals surface area contributed by atoms with Gasteiger partial charge in [-0.05, 0) is 13.0 Å². The normalized spacial score (nSPS) is 12.1. The number of benzene rings is 1. The van der Waals surface area contributed by atoms with E-state index >= 15 is 0 Å². The van der Waals surface area contributed by atoms with E-state index in [0.29, 0.717) is 12.3 Å². The topological polar surface area (TPSA) is 84.6 Å². The lowest BCUT2D eigenvalue weighted by molar-refractivity contribution is 0.0685. The Balaban J connectivity index is 2.00. The number of aromatic nitrogens is 1. The van der Waals surface area contributed by atoms with E-state index in [1.807, 2.05) is 31.2 Å². The maximum absolute atomic E-state index is 10.7. The van der Waals surface area contributed by atoms with E-state index in [1.165, 1.54) is 6.07 Å². The Hall–Kier alpha value is -2.34. The highest BCUT2D eigenvalue weighted by Crippen LogP contribution is 2.24. The summed E-state index contributed by atoms with van der Waals surface area (Å²) in [7, 11) is 1.63. The molecule has 20 heavy (non-hydrogen) atoms. The Morgan fingerprint density at radius 1 is 1.50 bits per heavy atom. The molecule has 2 N–H and O–H groups in total. The fourth-order valence-electron chi connectivity index (χ4n) is 1.88. The third kappa shape index (κ3) is 3.16. The first-order chi connectivity index (χ1) is 9.61. The minimum Gasteiger partial charge on any atom is -0.496 e. The zero-order valence-electron chi connectivity index (χ0n) is 11.3. The molecule has 1 aromatic carbocycles. The summed E-state index contributed by atoms with van der Waals surface area (Å²) in [6.45, 7) is 2.38. The summed E-state index contributed by atoms with van der Waals surface area (Å²) in [5.41, 5.74) is 0.930. The van der Waals surface area contributed by atoms with E-state index in [0.717, 1.165) is 11.3 Å². The summed E-state index contributed by atoms with van der Waals surface area (Å²) in [6.07, 6.45) is 0. The molecule has 0 fully saturated rings. The fourth-order valence-corrected chi connectivity index (χ4v) is 1.88. The second-order valence-corrected chi connectivity index (χ2v) is 4.33. The number of carbonyl (C=O) groups is 1. The highest BCUT2D eigenvalue weighted by atomic mass is 16.5. The summed E-state index contributed by atoms with van der Waals surface area (Å²) in [4.78, 5) is 10.7. The maximum atomic E-state index is 10.7. The highest BCUT2D eigenvalue weighted by Gasteiger charge is 2.13. The Bertz CT molecular complexity index is 594. The fraction of sp³-hybridized carbons (Fsp3) is 0.286. The number of methoxy groups -OCH3 is 1. The van der Waals surface area contributed by atoms with Crippen LogP contribution in [-0.2, 0) is 6.54 Å². The predicted octanol–water partition coefficient (Wildman–Crippen LogP) is 2.23. The van der Waals surface area contributed by atoms with Crippen LogP contribution in [0.2, 0.25) is 0 Å². The summed E-state index contributed by atoms with van der Waals surface area (Å²) >= 11 is 0. The van der Waals surface area contributed by atoms with Crippen LogP contribution in [0.25, 0.3) is 0 Å². The monoisotopic (exact) mass is 276 g/mol. The summed E-state index contributed by atoms with van der Waals surface area (Å²) in [6, 6.07) is 9.15. The smallest absolute Gasteiger partial charge is 0.358 e. The molecule has 0 spiro atoms. The number of carboxylic acid groups (broad SMARTS) is 1. The van der Waals surface area contributed by atoms with Gasteiger partial charge in [-0.25, -0.2) is 4.79 Å². The molecule has 0 aliphatic rings. The molecule has 106 valence electrons. The van der Waals surface area contributed by atoms with Gasteiger partial charge in [0.05, 0.1) is 13.7 Å². The first kappa shape index (κ1) is 14.1. The van der Waals surface area contributed by atoms with Crippen LogP contribution in [-0.4, -0.2) is 23.3 Å². The van der Waals surface area contributed by atoms with Crippen LogP contribution in [0, 0.1) is 0 Å². The summed E-state index contributed by atoms with van der Waals surface area (Å²) in [5, 5.41) is 15.5. The molecule has 0 bridgehead atoms. The third-order valence-electron chi connectivity index (χ3n) is 2.97. The number of aromatic carboxylic acids is 1. The molecule has 0 amide bonds. The zero-order chi connectivity index (χ0) is 14.5. The van der Waals surface area contributed by atoms with E-state index < -0.39 is 5.97 Å². The molecule has 1 heterocycles. The number of para-hydroxylation sites is 1. The minimum atomic E-state index is -1.10. The van der Waals surface area contributed by atoms with Gasteiger partial charge < -0.3 is 19.7 Å². The maximum Gasteiger partial charge on any atom is 0.358 e. The molecular weight excluding hydrogens is 260 g/mol. The van der Waals surface area contributed by atoms with Gasteiger partial charge in [-0.1, -0.05) is 23.4 Å². The van der Waals surface area contributed by atoms with Gasteiger partial charge in [0.2, 0.25) is 0 Å². The number of carboxylic acids is 1. The van der Waals surface area contributed by atoms with E-state index in [-0.39, 0.29) is 11.7 Å². The van der Waals surface area contributed by atoms with Crippen molar-refractivity contribution in [1.82, 2.24) is 10.5 Å². The molecule has 0 aliphatic heterocycles. The van der Waals surface area contributed by atoms with Crippen molar-refractivity contribution in [3.8, 4) is 5.75 Å². The first-order valence-electron chi connectivity index (χ1n) is 6.17. The van der Waals surface area contributed by atoms with Crippen molar-refractivity contribution in [2.45, 2.75) is 19.5 Å². The second-order valence-electron chi connectivity index (χ2n) is 4.33. The third-order valence-corrected chi connectivity index (χ3v) is 2.97. The average Bonchev–Trinajstić information content (AvgIpc) is 2.94. The Kier molecular flexibility index (Phi) is 4.37. The van der Waals surface area contributed by atoms with Gasteiger partial charge in [-0.2, -0.15) is 0 Å². The molecule has 0 saturated carbocycles. The van der Waals surface area contributed by atoms with Crippen LogP contribution in [0.4, 0.5) is 0 Å². The summed E-state index contributed by atoms with van der Waals surface area (Å²) in [5.74, 6) is 0.179. The lowest BCUT2D eigenvalue weighted by Crippen LogP contribution is -2.18. The number of ether oxygens (including phenoxy) is 1. The standard InChI is InChI=1S/C14H16N2O4/c1-9(11-5-3-4-6-13(11)19-2)15-8-10-7-12(14(17)18)16-20-10/h3-7,9,15H,8H2,1-2H3,(H,17,18)/t9-/m1/s1. The van der Waals surface area contributed by atoms with Crippen LogP contribution in [0.3, 0.4) is 0 Å². The molecule has 2 aromatic rings. The average molecular weight is 276 g/mol. The molecule has 2 rings (SSSR count). The highest BCUT2D eigenvalue weighted by molar-refractivity contribution is 5.85. The number of hydrogen-bond acceptors (Lipinski definition) is 5. The quantitative estimate of drug-likeness (QED) is 0.841. The van der Waals surface area contributed by atoms with Crippen molar-refractivity contribution in [2.75, 3.05) is 7.11 Å². The number of nitrogens with one attached hydrogen (secondary N) is 1. The van der Waals surface area contributed by atoms with Gasteiger partial charge in [-0.15, -0.1) is 0 Å². The molecule has 0 aliphatic carbocycles. The number of nitrogens with zero attached hydrogens (tertiary/aromatic N) is 1. The first-order valence-corrected chi connectivity index (χ1v) is 6.17. The van der Waals surface area contributed by atoms with E-state index in [4.69, 9.17) is 14.4 Å². The van der Waals surface area contributed by atoms with Crippen molar-refractivity contribution in [1.29, 1.82) is 0 Å². The molecule has 0 saturated heterocycles. The van der Waals surface area contributed by atoms with Crippen molar-refractivity contribution in [2.24, 2.45) is 0 Å². The lowest BCUT2D eigenvalue weighted by atomic mass is 10.1. The number of rotatable bonds is 6. The molecular formula is C14H16N2O4. The van der Waals surface area contributed by atoms with Gasteiger partial charge >= 0.3 is 5.97 Å². The molecule has 0 unspecified atom stereocenters. The molecule has 1 aromatic heterocycles. The van der Waals surface area contributed by atoms with Gasteiger partial charge in [0.25, 0.3) is 0 Å². The summed E-state index contributed by atoms with van der Waals surface area (Å²) < 4.78 is 10.2. The van der Waals surface area contributed by atoms with Crippen LogP contribution in [0.1, 0.15) is 34.8 Å². The van der Waals surface area contributed by atoms with Crippen LogP contribution in [0.15, 0.2) is 34.9 Å². The minimum absolute atomic E-state index is 0.0320.